The van der Waals surface area contributed by atoms with Gasteiger partial charge in [0.1, 0.15) is 5.75 Å². The van der Waals surface area contributed by atoms with E-state index in [1.165, 1.54) is 0 Å². The van der Waals surface area contributed by atoms with Crippen molar-refractivity contribution in [2.24, 2.45) is 0 Å². The van der Waals surface area contributed by atoms with Crippen molar-refractivity contribution in [1.82, 2.24) is 9.80 Å². The average Bonchev–Trinajstić information content (AvgIpc) is 3.20. The Labute approximate surface area is 193 Å². The van der Waals surface area contributed by atoms with Crippen LogP contribution in [0.15, 0.2) is 54.6 Å². The van der Waals surface area contributed by atoms with E-state index in [1.807, 2.05) is 59.5 Å². The lowest BCUT2D eigenvalue weighted by atomic mass is 10.0. The zero-order valence-corrected chi connectivity index (χ0v) is 18.7. The smallest absolute Gasteiger partial charge is 0.256 e. The molecule has 0 atom stereocenters. The van der Waals surface area contributed by atoms with E-state index in [1.54, 1.807) is 12.0 Å². The zero-order chi connectivity index (χ0) is 22.8. The summed E-state index contributed by atoms with van der Waals surface area (Å²) in [6.07, 6.45) is 0.785. The fourth-order valence-corrected chi connectivity index (χ4v) is 4.76. The fourth-order valence-electron chi connectivity index (χ4n) is 4.76. The molecule has 33 heavy (non-hydrogen) atoms. The summed E-state index contributed by atoms with van der Waals surface area (Å²) in [6.45, 7) is 5.29. The Balaban J connectivity index is 1.47. The quantitative estimate of drug-likeness (QED) is 0.522. The van der Waals surface area contributed by atoms with Crippen molar-refractivity contribution >= 4 is 34.5 Å². The van der Waals surface area contributed by atoms with Crippen molar-refractivity contribution in [1.29, 1.82) is 0 Å². The van der Waals surface area contributed by atoms with Gasteiger partial charge in [-0.05, 0) is 23.8 Å². The Morgan fingerprint density at radius 2 is 1.76 bits per heavy atom. The molecule has 1 saturated heterocycles. The first-order valence-corrected chi connectivity index (χ1v) is 11.2. The minimum Gasteiger partial charge on any atom is -0.496 e. The molecule has 170 valence electrons. The van der Waals surface area contributed by atoms with E-state index in [9.17, 15) is 9.59 Å². The molecule has 0 spiro atoms. The van der Waals surface area contributed by atoms with Gasteiger partial charge in [0.25, 0.3) is 5.91 Å². The molecule has 0 unspecified atom stereocenters. The summed E-state index contributed by atoms with van der Waals surface area (Å²) in [6, 6.07) is 17.2. The van der Waals surface area contributed by atoms with Crippen LogP contribution in [-0.4, -0.2) is 68.6 Å². The topological polar surface area (TPSA) is 62.3 Å². The number of amides is 2. The number of carbonyl (C=O) groups is 2. The number of methoxy groups -OCH3 is 1. The van der Waals surface area contributed by atoms with Gasteiger partial charge >= 0.3 is 0 Å². The Morgan fingerprint density at radius 1 is 0.970 bits per heavy atom. The molecule has 0 aromatic heterocycles. The van der Waals surface area contributed by atoms with Gasteiger partial charge in [0.2, 0.25) is 6.41 Å². The molecule has 0 saturated carbocycles. The van der Waals surface area contributed by atoms with Gasteiger partial charge in [0.05, 0.1) is 37.3 Å². The number of hydrogen-bond donors (Lipinski definition) is 0. The van der Waals surface area contributed by atoms with Crippen LogP contribution in [-0.2, 0) is 16.1 Å². The molecule has 3 aromatic rings. The molecule has 1 fully saturated rings. The summed E-state index contributed by atoms with van der Waals surface area (Å²) in [5.41, 5.74) is 2.88. The summed E-state index contributed by atoms with van der Waals surface area (Å²) < 4.78 is 10.9. The third-order valence-corrected chi connectivity index (χ3v) is 6.49. The van der Waals surface area contributed by atoms with Crippen LogP contribution in [0.5, 0.6) is 5.75 Å². The largest absolute Gasteiger partial charge is 0.496 e. The molecular formula is C26H27N3O4. The second-order valence-corrected chi connectivity index (χ2v) is 8.30. The number of fused-ring (bicyclic) bond motifs is 2. The zero-order valence-electron chi connectivity index (χ0n) is 18.7. The van der Waals surface area contributed by atoms with E-state index >= 15 is 0 Å². The predicted octanol–water partition coefficient (Wildman–Crippen LogP) is 3.43. The number of hydrogen-bond acceptors (Lipinski definition) is 5. The Morgan fingerprint density at radius 3 is 2.52 bits per heavy atom. The maximum Gasteiger partial charge on any atom is 0.256 e. The second kappa shape index (κ2) is 9.21. The fraction of sp³-hybridized carbons (Fsp3) is 0.308. The molecule has 0 aliphatic carbocycles. The third kappa shape index (κ3) is 3.94. The monoisotopic (exact) mass is 445 g/mol. The Kier molecular flexibility index (Phi) is 5.98. The van der Waals surface area contributed by atoms with Gasteiger partial charge < -0.3 is 14.4 Å². The molecule has 0 N–H and O–H groups in total. The van der Waals surface area contributed by atoms with Crippen molar-refractivity contribution < 1.29 is 19.1 Å². The molecule has 5 rings (SSSR count). The highest BCUT2D eigenvalue weighted by molar-refractivity contribution is 6.10. The van der Waals surface area contributed by atoms with E-state index in [4.69, 9.17) is 9.47 Å². The van der Waals surface area contributed by atoms with Gasteiger partial charge in [-0.3, -0.25) is 19.4 Å². The highest BCUT2D eigenvalue weighted by Gasteiger charge is 2.32. The molecule has 2 aliphatic heterocycles. The second-order valence-electron chi connectivity index (χ2n) is 8.30. The first-order valence-electron chi connectivity index (χ1n) is 11.2. The molecule has 7 heteroatoms. The van der Waals surface area contributed by atoms with Crippen LogP contribution in [0.4, 0.5) is 11.4 Å². The normalized spacial score (nSPS) is 16.2. The lowest BCUT2D eigenvalue weighted by Crippen LogP contribution is -2.41. The maximum absolute atomic E-state index is 13.4. The van der Waals surface area contributed by atoms with Crippen LogP contribution < -0.4 is 9.64 Å². The molecular weight excluding hydrogens is 418 g/mol. The SMILES string of the molecule is COc1ccc(N(C=O)c2cccc3c2C(=O)N(CCN2CCOCC2)C3)c2ccccc12. The number of carbonyl (C=O) groups excluding carboxylic acids is 2. The minimum absolute atomic E-state index is 0.0291. The first kappa shape index (κ1) is 21.4. The van der Waals surface area contributed by atoms with Crippen molar-refractivity contribution in [3.05, 3.63) is 65.7 Å². The number of rotatable bonds is 7. The Bertz CT molecular complexity index is 1190. The van der Waals surface area contributed by atoms with E-state index in [-0.39, 0.29) is 5.91 Å². The summed E-state index contributed by atoms with van der Waals surface area (Å²) in [4.78, 5) is 31.6. The number of benzene rings is 3. The van der Waals surface area contributed by atoms with Crippen LogP contribution in [0.25, 0.3) is 10.8 Å². The van der Waals surface area contributed by atoms with Crippen molar-refractivity contribution in [3.8, 4) is 5.75 Å². The molecule has 2 aliphatic rings. The summed E-state index contributed by atoms with van der Waals surface area (Å²) >= 11 is 0. The van der Waals surface area contributed by atoms with E-state index in [0.717, 1.165) is 67.0 Å². The minimum atomic E-state index is -0.0291. The molecule has 2 amide bonds. The van der Waals surface area contributed by atoms with Crippen LogP contribution in [0, 0.1) is 0 Å². The van der Waals surface area contributed by atoms with Crippen LogP contribution in [0.1, 0.15) is 15.9 Å². The lowest BCUT2D eigenvalue weighted by molar-refractivity contribution is -0.106. The highest BCUT2D eigenvalue weighted by Crippen LogP contribution is 2.39. The van der Waals surface area contributed by atoms with Gasteiger partial charge in [0, 0.05) is 43.5 Å². The molecule has 0 radical (unpaired) electrons. The van der Waals surface area contributed by atoms with E-state index < -0.39 is 0 Å². The summed E-state index contributed by atoms with van der Waals surface area (Å²) in [7, 11) is 1.63. The van der Waals surface area contributed by atoms with E-state index in [0.29, 0.717) is 24.3 Å². The predicted molar refractivity (Wildman–Crippen MR) is 127 cm³/mol. The van der Waals surface area contributed by atoms with Crippen molar-refractivity contribution in [2.45, 2.75) is 6.54 Å². The molecule has 7 nitrogen and oxygen atoms in total. The van der Waals surface area contributed by atoms with Gasteiger partial charge in [-0.1, -0.05) is 36.4 Å². The summed E-state index contributed by atoms with van der Waals surface area (Å²) in [5, 5.41) is 1.80. The highest BCUT2D eigenvalue weighted by atomic mass is 16.5. The standard InChI is InChI=1S/C26H27N3O4/c1-32-24-10-9-22(20-6-2-3-7-21(20)24)29(18-30)23-8-4-5-19-17-28(26(31)25(19)23)12-11-27-13-15-33-16-14-27/h2-10,18H,11-17H2,1H3. The Hall–Kier alpha value is -3.42. The molecule has 2 heterocycles. The lowest BCUT2D eigenvalue weighted by Gasteiger charge is -2.28. The van der Waals surface area contributed by atoms with Crippen LogP contribution in [0.3, 0.4) is 0 Å². The maximum atomic E-state index is 13.4. The van der Waals surface area contributed by atoms with Crippen LogP contribution >= 0.6 is 0 Å². The van der Waals surface area contributed by atoms with Gasteiger partial charge in [-0.15, -0.1) is 0 Å². The average molecular weight is 446 g/mol. The van der Waals surface area contributed by atoms with Crippen molar-refractivity contribution in [3.63, 3.8) is 0 Å². The third-order valence-electron chi connectivity index (χ3n) is 6.49. The number of anilines is 2. The first-order chi connectivity index (χ1) is 16.2. The summed E-state index contributed by atoms with van der Waals surface area (Å²) in [5.74, 6) is 0.711. The molecule has 0 bridgehead atoms. The number of ether oxygens (including phenoxy) is 2. The van der Waals surface area contributed by atoms with Gasteiger partial charge in [-0.25, -0.2) is 0 Å². The number of nitrogens with zero attached hydrogens (tertiary/aromatic N) is 3. The van der Waals surface area contributed by atoms with E-state index in [2.05, 4.69) is 4.90 Å². The van der Waals surface area contributed by atoms with Crippen LogP contribution in [0.2, 0.25) is 0 Å². The van der Waals surface area contributed by atoms with Gasteiger partial charge in [-0.2, -0.15) is 0 Å². The number of morpholine rings is 1. The van der Waals surface area contributed by atoms with Gasteiger partial charge in [0.15, 0.2) is 0 Å². The molecule has 3 aromatic carbocycles. The van der Waals surface area contributed by atoms with Crippen molar-refractivity contribution in [2.75, 3.05) is 51.4 Å².